The third-order valence-electron chi connectivity index (χ3n) is 3.72. The van der Waals surface area contributed by atoms with Gasteiger partial charge in [0.2, 0.25) is 0 Å². The molecule has 0 heterocycles. The minimum Gasteiger partial charge on any atom is -0.397 e. The molecule has 16 heavy (non-hydrogen) atoms. The van der Waals surface area contributed by atoms with Gasteiger partial charge in [0.05, 0.1) is 11.4 Å². The van der Waals surface area contributed by atoms with E-state index in [1.807, 2.05) is 0 Å². The maximum Gasteiger partial charge on any atom is 0.0600 e. The molecule has 2 heteroatoms. The second-order valence-electron chi connectivity index (χ2n) is 5.04. The fourth-order valence-corrected chi connectivity index (χ4v) is 2.68. The highest BCUT2D eigenvalue weighted by atomic mass is 15.1. The van der Waals surface area contributed by atoms with Crippen LogP contribution in [0.4, 0.5) is 11.4 Å². The van der Waals surface area contributed by atoms with E-state index in [4.69, 9.17) is 5.73 Å². The number of rotatable bonds is 3. The molecule has 88 valence electrons. The molecule has 0 atom stereocenters. The predicted octanol–water partition coefficient (Wildman–Crippen LogP) is 3.20. The molecule has 0 spiro atoms. The van der Waals surface area contributed by atoms with Crippen molar-refractivity contribution in [3.8, 4) is 0 Å². The van der Waals surface area contributed by atoms with E-state index < -0.39 is 0 Å². The normalized spacial score (nSPS) is 16.6. The van der Waals surface area contributed by atoms with Crippen LogP contribution in [-0.2, 0) is 0 Å². The van der Waals surface area contributed by atoms with Gasteiger partial charge in [-0.05, 0) is 37.3 Å². The predicted molar refractivity (Wildman–Crippen MR) is 70.8 cm³/mol. The van der Waals surface area contributed by atoms with Gasteiger partial charge in [0.15, 0.2) is 0 Å². The number of benzene rings is 1. The van der Waals surface area contributed by atoms with Crippen molar-refractivity contribution in [1.82, 2.24) is 0 Å². The van der Waals surface area contributed by atoms with E-state index in [0.29, 0.717) is 0 Å². The van der Waals surface area contributed by atoms with Crippen LogP contribution in [0, 0.1) is 12.8 Å². The van der Waals surface area contributed by atoms with Crippen molar-refractivity contribution < 1.29 is 0 Å². The van der Waals surface area contributed by atoms with Crippen molar-refractivity contribution in [3.05, 3.63) is 23.8 Å². The Labute approximate surface area is 98.4 Å². The summed E-state index contributed by atoms with van der Waals surface area (Å²) in [5.74, 6) is 0.866. The van der Waals surface area contributed by atoms with E-state index in [-0.39, 0.29) is 0 Å². The van der Waals surface area contributed by atoms with Crippen LogP contribution in [0.2, 0.25) is 0 Å². The molecular formula is C14H22N2. The summed E-state index contributed by atoms with van der Waals surface area (Å²) in [6, 6.07) is 6.28. The number of nitrogens with two attached hydrogens (primary N) is 1. The molecule has 0 radical (unpaired) electrons. The molecule has 1 aliphatic carbocycles. The lowest BCUT2D eigenvalue weighted by Crippen LogP contribution is -2.24. The van der Waals surface area contributed by atoms with Crippen LogP contribution in [0.25, 0.3) is 0 Å². The van der Waals surface area contributed by atoms with Crippen LogP contribution in [0.1, 0.15) is 31.2 Å². The third-order valence-corrected chi connectivity index (χ3v) is 3.72. The highest BCUT2D eigenvalue weighted by Gasteiger charge is 2.17. The Hall–Kier alpha value is -1.18. The van der Waals surface area contributed by atoms with Crippen molar-refractivity contribution in [2.45, 2.75) is 32.6 Å². The second-order valence-corrected chi connectivity index (χ2v) is 5.04. The van der Waals surface area contributed by atoms with Crippen molar-refractivity contribution in [1.29, 1.82) is 0 Å². The molecule has 1 aliphatic rings. The summed E-state index contributed by atoms with van der Waals surface area (Å²) in [6.45, 7) is 3.22. The monoisotopic (exact) mass is 218 g/mol. The molecular weight excluding hydrogens is 196 g/mol. The summed E-state index contributed by atoms with van der Waals surface area (Å²) >= 11 is 0. The number of anilines is 2. The first kappa shape index (κ1) is 11.3. The zero-order chi connectivity index (χ0) is 11.5. The highest BCUT2D eigenvalue weighted by molar-refractivity contribution is 5.70. The molecule has 0 unspecified atom stereocenters. The van der Waals surface area contributed by atoms with Crippen molar-refractivity contribution in [3.63, 3.8) is 0 Å². The molecule has 1 fully saturated rings. The van der Waals surface area contributed by atoms with E-state index in [0.717, 1.165) is 18.2 Å². The molecule has 1 aromatic carbocycles. The van der Waals surface area contributed by atoms with Gasteiger partial charge in [0.1, 0.15) is 0 Å². The Kier molecular flexibility index (Phi) is 3.37. The first-order valence-electron chi connectivity index (χ1n) is 6.24. The zero-order valence-electron chi connectivity index (χ0n) is 10.4. The number of nitrogens with zero attached hydrogens (tertiary/aromatic N) is 1. The molecule has 0 amide bonds. The first-order valence-corrected chi connectivity index (χ1v) is 6.24. The van der Waals surface area contributed by atoms with Crippen molar-refractivity contribution in [2.75, 3.05) is 24.2 Å². The highest BCUT2D eigenvalue weighted by Crippen LogP contribution is 2.30. The maximum absolute atomic E-state index is 6.12. The van der Waals surface area contributed by atoms with Gasteiger partial charge in [-0.1, -0.05) is 25.0 Å². The second kappa shape index (κ2) is 4.77. The van der Waals surface area contributed by atoms with Gasteiger partial charge in [-0.2, -0.15) is 0 Å². The van der Waals surface area contributed by atoms with Crippen LogP contribution in [-0.4, -0.2) is 13.6 Å². The molecule has 1 saturated carbocycles. The molecule has 0 aromatic heterocycles. The molecule has 1 aromatic rings. The van der Waals surface area contributed by atoms with Crippen LogP contribution >= 0.6 is 0 Å². The SMILES string of the molecule is Cc1cccc(N(C)CC2CCCC2)c1N. The van der Waals surface area contributed by atoms with Gasteiger partial charge in [-0.15, -0.1) is 0 Å². The Bertz CT molecular complexity index is 354. The van der Waals surface area contributed by atoms with E-state index in [1.54, 1.807) is 0 Å². The van der Waals surface area contributed by atoms with Gasteiger partial charge in [0, 0.05) is 13.6 Å². The summed E-state index contributed by atoms with van der Waals surface area (Å²) in [5.41, 5.74) is 9.41. The van der Waals surface area contributed by atoms with Gasteiger partial charge in [-0.3, -0.25) is 0 Å². The van der Waals surface area contributed by atoms with E-state index in [1.165, 1.54) is 36.9 Å². The quantitative estimate of drug-likeness (QED) is 0.789. The zero-order valence-corrected chi connectivity index (χ0v) is 10.4. The molecule has 2 nitrogen and oxygen atoms in total. The van der Waals surface area contributed by atoms with Crippen LogP contribution in [0.3, 0.4) is 0 Å². The Morgan fingerprint density at radius 1 is 1.31 bits per heavy atom. The fraction of sp³-hybridized carbons (Fsp3) is 0.571. The molecule has 0 aliphatic heterocycles. The summed E-state index contributed by atoms with van der Waals surface area (Å²) < 4.78 is 0. The van der Waals surface area contributed by atoms with Crippen LogP contribution < -0.4 is 10.6 Å². The molecule has 0 saturated heterocycles. The Morgan fingerprint density at radius 3 is 2.69 bits per heavy atom. The minimum atomic E-state index is 0.866. The van der Waals surface area contributed by atoms with Crippen molar-refractivity contribution in [2.24, 2.45) is 5.92 Å². The average Bonchev–Trinajstić information content (AvgIpc) is 2.74. The average molecular weight is 218 g/mol. The summed E-state index contributed by atoms with van der Waals surface area (Å²) in [6.07, 6.45) is 5.58. The largest absolute Gasteiger partial charge is 0.397 e. The molecule has 2 rings (SSSR count). The maximum atomic E-state index is 6.12. The van der Waals surface area contributed by atoms with Gasteiger partial charge < -0.3 is 10.6 Å². The lowest BCUT2D eigenvalue weighted by Gasteiger charge is -2.25. The summed E-state index contributed by atoms with van der Waals surface area (Å²) in [4.78, 5) is 2.32. The van der Waals surface area contributed by atoms with Gasteiger partial charge in [-0.25, -0.2) is 0 Å². The number of hydrogen-bond donors (Lipinski definition) is 1. The smallest absolute Gasteiger partial charge is 0.0600 e. The first-order chi connectivity index (χ1) is 7.68. The van der Waals surface area contributed by atoms with E-state index in [9.17, 15) is 0 Å². The lowest BCUT2D eigenvalue weighted by molar-refractivity contribution is 0.547. The number of nitrogen functional groups attached to an aromatic ring is 1. The Morgan fingerprint density at radius 2 is 2.00 bits per heavy atom. The van der Waals surface area contributed by atoms with Gasteiger partial charge in [0.25, 0.3) is 0 Å². The number of aryl methyl sites for hydroxylation is 1. The molecule has 0 bridgehead atoms. The number of para-hydroxylation sites is 1. The lowest BCUT2D eigenvalue weighted by atomic mass is 10.1. The third kappa shape index (κ3) is 2.31. The molecule has 2 N–H and O–H groups in total. The van der Waals surface area contributed by atoms with E-state index >= 15 is 0 Å². The minimum absolute atomic E-state index is 0.866. The summed E-state index contributed by atoms with van der Waals surface area (Å²) in [5, 5.41) is 0. The number of hydrogen-bond acceptors (Lipinski definition) is 2. The van der Waals surface area contributed by atoms with E-state index in [2.05, 4.69) is 37.1 Å². The van der Waals surface area contributed by atoms with Gasteiger partial charge >= 0.3 is 0 Å². The fourth-order valence-electron chi connectivity index (χ4n) is 2.68. The standard InChI is InChI=1S/C14H22N2/c1-11-6-5-9-13(14(11)15)16(2)10-12-7-3-4-8-12/h5-6,9,12H,3-4,7-8,10,15H2,1-2H3. The van der Waals surface area contributed by atoms with Crippen LogP contribution in [0.5, 0.6) is 0 Å². The Balaban J connectivity index is 2.07. The summed E-state index contributed by atoms with van der Waals surface area (Å²) in [7, 11) is 2.16. The van der Waals surface area contributed by atoms with Crippen molar-refractivity contribution >= 4 is 11.4 Å². The van der Waals surface area contributed by atoms with Crippen LogP contribution in [0.15, 0.2) is 18.2 Å². The topological polar surface area (TPSA) is 29.3 Å².